The molecule has 92 valence electrons. The Labute approximate surface area is 102 Å². The van der Waals surface area contributed by atoms with E-state index in [1.54, 1.807) is 0 Å². The molecule has 1 heterocycles. The van der Waals surface area contributed by atoms with Crippen molar-refractivity contribution < 1.29 is 14.3 Å². The number of cyclic esters (lactones) is 1. The zero-order valence-corrected chi connectivity index (χ0v) is 10.1. The fourth-order valence-electron chi connectivity index (χ4n) is 2.03. The number of esters is 1. The van der Waals surface area contributed by atoms with E-state index in [2.05, 4.69) is 6.92 Å². The minimum atomic E-state index is -0.0693. The standard InChI is InChI=1S/C14H18O3/c1-2-6-12-13(17-14(12)15)10-16-9-11-7-4-3-5-8-11/h3-5,7-8,12-13H,2,6,9-10H2,1H3/t12-,13+/m1/s1. The fourth-order valence-corrected chi connectivity index (χ4v) is 2.03. The molecule has 1 aromatic carbocycles. The largest absolute Gasteiger partial charge is 0.459 e. The van der Waals surface area contributed by atoms with Crippen molar-refractivity contribution >= 4 is 5.97 Å². The maximum atomic E-state index is 11.2. The minimum absolute atomic E-state index is 0.0360. The van der Waals surface area contributed by atoms with Crippen LogP contribution < -0.4 is 0 Å². The van der Waals surface area contributed by atoms with Gasteiger partial charge in [-0.25, -0.2) is 0 Å². The second-order valence-electron chi connectivity index (χ2n) is 4.37. The summed E-state index contributed by atoms with van der Waals surface area (Å²) in [5, 5.41) is 0. The molecule has 0 aliphatic carbocycles. The van der Waals surface area contributed by atoms with Gasteiger partial charge < -0.3 is 9.47 Å². The second kappa shape index (κ2) is 5.82. The van der Waals surface area contributed by atoms with Crippen LogP contribution >= 0.6 is 0 Å². The first kappa shape index (κ1) is 12.1. The average molecular weight is 234 g/mol. The number of carbonyl (C=O) groups is 1. The van der Waals surface area contributed by atoms with Crippen molar-refractivity contribution in [2.75, 3.05) is 6.61 Å². The average Bonchev–Trinajstić information content (AvgIpc) is 2.36. The highest BCUT2D eigenvalue weighted by atomic mass is 16.6. The summed E-state index contributed by atoms with van der Waals surface area (Å²) >= 11 is 0. The zero-order chi connectivity index (χ0) is 12.1. The van der Waals surface area contributed by atoms with E-state index in [9.17, 15) is 4.79 Å². The van der Waals surface area contributed by atoms with E-state index in [1.165, 1.54) is 0 Å². The first-order valence-corrected chi connectivity index (χ1v) is 6.13. The van der Waals surface area contributed by atoms with E-state index in [4.69, 9.17) is 9.47 Å². The summed E-state index contributed by atoms with van der Waals surface area (Å²) in [6, 6.07) is 10.0. The molecule has 0 amide bonds. The van der Waals surface area contributed by atoms with Crippen LogP contribution in [0.15, 0.2) is 30.3 Å². The molecule has 0 bridgehead atoms. The van der Waals surface area contributed by atoms with E-state index in [0.717, 1.165) is 18.4 Å². The Hall–Kier alpha value is -1.35. The second-order valence-corrected chi connectivity index (χ2v) is 4.37. The van der Waals surface area contributed by atoms with Gasteiger partial charge in [0.05, 0.1) is 19.1 Å². The SMILES string of the molecule is CCC[C@H]1C(=O)O[C@H]1COCc1ccccc1. The van der Waals surface area contributed by atoms with E-state index >= 15 is 0 Å². The topological polar surface area (TPSA) is 35.5 Å². The van der Waals surface area contributed by atoms with Crippen LogP contribution in [0.5, 0.6) is 0 Å². The van der Waals surface area contributed by atoms with Gasteiger partial charge in [-0.15, -0.1) is 0 Å². The Bertz CT molecular complexity index is 361. The lowest BCUT2D eigenvalue weighted by Crippen LogP contribution is -2.47. The van der Waals surface area contributed by atoms with Gasteiger partial charge in [-0.3, -0.25) is 4.79 Å². The lowest BCUT2D eigenvalue weighted by molar-refractivity contribution is -0.192. The molecule has 3 heteroatoms. The van der Waals surface area contributed by atoms with Gasteiger partial charge in [0.1, 0.15) is 6.10 Å². The molecule has 0 aromatic heterocycles. The number of rotatable bonds is 6. The maximum absolute atomic E-state index is 11.2. The van der Waals surface area contributed by atoms with Gasteiger partial charge in [-0.05, 0) is 12.0 Å². The molecule has 0 saturated carbocycles. The van der Waals surface area contributed by atoms with E-state index < -0.39 is 0 Å². The fraction of sp³-hybridized carbons (Fsp3) is 0.500. The number of benzene rings is 1. The van der Waals surface area contributed by atoms with Crippen LogP contribution in [0.1, 0.15) is 25.3 Å². The van der Waals surface area contributed by atoms with Crippen molar-refractivity contribution in [1.29, 1.82) is 0 Å². The van der Waals surface area contributed by atoms with Crippen LogP contribution in [0, 0.1) is 5.92 Å². The number of ether oxygens (including phenoxy) is 2. The minimum Gasteiger partial charge on any atom is -0.459 e. The predicted octanol–water partition coefficient (Wildman–Crippen LogP) is 2.54. The molecule has 0 unspecified atom stereocenters. The molecule has 0 radical (unpaired) electrons. The smallest absolute Gasteiger partial charge is 0.313 e. The number of hydrogen-bond acceptors (Lipinski definition) is 3. The molecular formula is C14H18O3. The summed E-state index contributed by atoms with van der Waals surface area (Å²) in [7, 11) is 0. The zero-order valence-electron chi connectivity index (χ0n) is 10.1. The number of carbonyl (C=O) groups excluding carboxylic acids is 1. The Morgan fingerprint density at radius 1 is 1.29 bits per heavy atom. The quantitative estimate of drug-likeness (QED) is 0.709. The van der Waals surface area contributed by atoms with Crippen molar-refractivity contribution in [3.05, 3.63) is 35.9 Å². The maximum Gasteiger partial charge on any atom is 0.313 e. The van der Waals surface area contributed by atoms with Crippen molar-refractivity contribution in [3.8, 4) is 0 Å². The molecule has 17 heavy (non-hydrogen) atoms. The molecule has 2 atom stereocenters. The highest BCUT2D eigenvalue weighted by Crippen LogP contribution is 2.27. The lowest BCUT2D eigenvalue weighted by Gasteiger charge is -2.34. The summed E-state index contributed by atoms with van der Waals surface area (Å²) in [5.41, 5.74) is 1.14. The van der Waals surface area contributed by atoms with Crippen LogP contribution in [-0.4, -0.2) is 18.7 Å². The van der Waals surface area contributed by atoms with Crippen LogP contribution in [0.25, 0.3) is 0 Å². The molecule has 1 fully saturated rings. The van der Waals surface area contributed by atoms with Crippen LogP contribution in [-0.2, 0) is 20.9 Å². The van der Waals surface area contributed by atoms with Gasteiger partial charge in [0, 0.05) is 0 Å². The molecular weight excluding hydrogens is 216 g/mol. The summed E-state index contributed by atoms with van der Waals surface area (Å²) in [5.74, 6) is -0.0177. The van der Waals surface area contributed by atoms with Crippen molar-refractivity contribution in [2.45, 2.75) is 32.5 Å². The third kappa shape index (κ3) is 3.07. The van der Waals surface area contributed by atoms with Crippen molar-refractivity contribution in [3.63, 3.8) is 0 Å². The third-order valence-electron chi connectivity index (χ3n) is 3.01. The van der Waals surface area contributed by atoms with Crippen LogP contribution in [0.3, 0.4) is 0 Å². The van der Waals surface area contributed by atoms with Gasteiger partial charge in [0.2, 0.25) is 0 Å². The summed E-state index contributed by atoms with van der Waals surface area (Å²) < 4.78 is 10.6. The Kier molecular flexibility index (Phi) is 4.15. The van der Waals surface area contributed by atoms with E-state index in [-0.39, 0.29) is 18.0 Å². The molecule has 1 aliphatic heterocycles. The van der Waals surface area contributed by atoms with E-state index in [1.807, 2.05) is 30.3 Å². The van der Waals surface area contributed by atoms with Crippen molar-refractivity contribution in [1.82, 2.24) is 0 Å². The third-order valence-corrected chi connectivity index (χ3v) is 3.01. The Morgan fingerprint density at radius 3 is 2.71 bits per heavy atom. The Balaban J connectivity index is 1.71. The predicted molar refractivity (Wildman–Crippen MR) is 64.4 cm³/mol. The first-order valence-electron chi connectivity index (χ1n) is 6.13. The Morgan fingerprint density at radius 2 is 2.06 bits per heavy atom. The highest BCUT2D eigenvalue weighted by Gasteiger charge is 2.41. The van der Waals surface area contributed by atoms with Crippen LogP contribution in [0.2, 0.25) is 0 Å². The van der Waals surface area contributed by atoms with E-state index in [0.29, 0.717) is 13.2 Å². The van der Waals surface area contributed by atoms with Gasteiger partial charge >= 0.3 is 5.97 Å². The summed E-state index contributed by atoms with van der Waals surface area (Å²) in [4.78, 5) is 11.2. The molecule has 1 aromatic rings. The van der Waals surface area contributed by atoms with Gasteiger partial charge in [0.25, 0.3) is 0 Å². The monoisotopic (exact) mass is 234 g/mol. The molecule has 2 rings (SSSR count). The summed E-state index contributed by atoms with van der Waals surface area (Å²) in [6.07, 6.45) is 1.87. The summed E-state index contributed by atoms with van der Waals surface area (Å²) in [6.45, 7) is 3.16. The highest BCUT2D eigenvalue weighted by molar-refractivity contribution is 5.78. The van der Waals surface area contributed by atoms with Gasteiger partial charge in [0.15, 0.2) is 0 Å². The van der Waals surface area contributed by atoms with Crippen LogP contribution in [0.4, 0.5) is 0 Å². The molecule has 1 saturated heterocycles. The normalized spacial score (nSPS) is 23.0. The number of hydrogen-bond donors (Lipinski definition) is 0. The first-order chi connectivity index (χ1) is 8.31. The lowest BCUT2D eigenvalue weighted by atomic mass is 9.93. The molecule has 0 spiro atoms. The molecule has 1 aliphatic rings. The van der Waals surface area contributed by atoms with Gasteiger partial charge in [-0.1, -0.05) is 43.7 Å². The molecule has 0 N–H and O–H groups in total. The van der Waals surface area contributed by atoms with Crippen molar-refractivity contribution in [2.24, 2.45) is 5.92 Å². The molecule has 3 nitrogen and oxygen atoms in total. The van der Waals surface area contributed by atoms with Gasteiger partial charge in [-0.2, -0.15) is 0 Å².